The molecule has 21 heavy (non-hydrogen) atoms. The molecule has 6 heteroatoms. The number of nitrogens with one attached hydrogen (secondary N) is 1. The Balaban J connectivity index is 2.25. The van der Waals surface area contributed by atoms with Gasteiger partial charge < -0.3 is 10.1 Å². The monoisotopic (exact) mass is 314 g/mol. The normalized spacial score (nSPS) is 22.2. The van der Waals surface area contributed by atoms with Gasteiger partial charge in [0.2, 0.25) is 0 Å². The van der Waals surface area contributed by atoms with Gasteiger partial charge in [-0.05, 0) is 34.7 Å². The fourth-order valence-corrected chi connectivity index (χ4v) is 3.17. The summed E-state index contributed by atoms with van der Waals surface area (Å²) >= 11 is 6.39. The summed E-state index contributed by atoms with van der Waals surface area (Å²) in [4.78, 5) is 2.45. The minimum atomic E-state index is 0.0453. The third-order valence-electron chi connectivity index (χ3n) is 4.11. The Morgan fingerprint density at radius 3 is 2.62 bits per heavy atom. The molecule has 1 aliphatic rings. The Morgan fingerprint density at radius 2 is 2.05 bits per heavy atom. The summed E-state index contributed by atoms with van der Waals surface area (Å²) in [5, 5.41) is 8.48. The van der Waals surface area contributed by atoms with Crippen molar-refractivity contribution in [3.63, 3.8) is 0 Å². The minimum Gasteiger partial charge on any atom is -0.374 e. The van der Waals surface area contributed by atoms with E-state index in [-0.39, 0.29) is 18.2 Å². The van der Waals surface area contributed by atoms with Crippen LogP contribution in [0.2, 0.25) is 5.02 Å². The number of likely N-dealkylation sites (N-methyl/N-ethyl adjacent to an activating group) is 1. The highest BCUT2D eigenvalue weighted by Gasteiger charge is 2.33. The van der Waals surface area contributed by atoms with Gasteiger partial charge in [-0.3, -0.25) is 9.58 Å². The molecule has 1 aromatic heterocycles. The average molecular weight is 315 g/mol. The van der Waals surface area contributed by atoms with E-state index >= 15 is 0 Å². The molecule has 1 saturated heterocycles. The van der Waals surface area contributed by atoms with Crippen molar-refractivity contribution in [2.24, 2.45) is 0 Å². The lowest BCUT2D eigenvalue weighted by molar-refractivity contribution is -0.0563. The Kier molecular flexibility index (Phi) is 5.66. The van der Waals surface area contributed by atoms with Crippen molar-refractivity contribution in [1.82, 2.24) is 20.0 Å². The Bertz CT molecular complexity index is 461. The minimum absolute atomic E-state index is 0.0453. The molecule has 1 aromatic rings. The van der Waals surface area contributed by atoms with E-state index < -0.39 is 0 Å². The summed E-state index contributed by atoms with van der Waals surface area (Å²) in [6, 6.07) is 0.844. The number of ether oxygens (including phenoxy) is 1. The highest BCUT2D eigenvalue weighted by atomic mass is 35.5. The number of morpholine rings is 1. The smallest absolute Gasteiger partial charge is 0.0912 e. The van der Waals surface area contributed by atoms with Crippen LogP contribution in [0.15, 0.2) is 6.20 Å². The number of rotatable bonds is 5. The standard InChI is InChI=1S/C15H27ClN4O/c1-10(2)19-6-7-21-13(9-19)14(17-5)15-12(16)8-18-20(15)11(3)4/h8,10-11,13-14,17H,6-7,9H2,1-5H3. The summed E-state index contributed by atoms with van der Waals surface area (Å²) in [6.07, 6.45) is 1.81. The van der Waals surface area contributed by atoms with Gasteiger partial charge in [-0.1, -0.05) is 11.6 Å². The maximum atomic E-state index is 6.39. The van der Waals surface area contributed by atoms with Gasteiger partial charge in [-0.25, -0.2) is 0 Å². The highest BCUT2D eigenvalue weighted by molar-refractivity contribution is 6.31. The second-order valence-electron chi connectivity index (χ2n) is 6.18. The molecule has 0 bridgehead atoms. The van der Waals surface area contributed by atoms with Crippen LogP contribution in [-0.2, 0) is 4.74 Å². The van der Waals surface area contributed by atoms with E-state index in [2.05, 4.69) is 43.0 Å². The Hall–Kier alpha value is -0.620. The topological polar surface area (TPSA) is 42.3 Å². The van der Waals surface area contributed by atoms with E-state index in [1.165, 1.54) is 0 Å². The van der Waals surface area contributed by atoms with Crippen LogP contribution >= 0.6 is 11.6 Å². The van der Waals surface area contributed by atoms with Crippen molar-refractivity contribution >= 4 is 11.6 Å². The molecule has 0 spiro atoms. The van der Waals surface area contributed by atoms with E-state index in [1.54, 1.807) is 6.20 Å². The molecule has 5 nitrogen and oxygen atoms in total. The molecular weight excluding hydrogens is 288 g/mol. The van der Waals surface area contributed by atoms with Crippen LogP contribution < -0.4 is 5.32 Å². The van der Waals surface area contributed by atoms with Crippen LogP contribution in [0.3, 0.4) is 0 Å². The number of hydrogen-bond donors (Lipinski definition) is 1. The molecule has 2 rings (SSSR count). The molecule has 0 radical (unpaired) electrons. The fourth-order valence-electron chi connectivity index (χ4n) is 2.92. The average Bonchev–Trinajstić information content (AvgIpc) is 2.82. The predicted octanol–water partition coefficient (Wildman–Crippen LogP) is 2.49. The Morgan fingerprint density at radius 1 is 1.33 bits per heavy atom. The fraction of sp³-hybridized carbons (Fsp3) is 0.800. The molecule has 0 saturated carbocycles. The van der Waals surface area contributed by atoms with Gasteiger partial charge in [0.25, 0.3) is 0 Å². The van der Waals surface area contributed by atoms with Crippen molar-refractivity contribution in [3.05, 3.63) is 16.9 Å². The summed E-state index contributed by atoms with van der Waals surface area (Å²) in [5.41, 5.74) is 1.02. The van der Waals surface area contributed by atoms with Crippen LogP contribution in [0.5, 0.6) is 0 Å². The van der Waals surface area contributed by atoms with E-state index in [9.17, 15) is 0 Å². The maximum Gasteiger partial charge on any atom is 0.0912 e. The maximum absolute atomic E-state index is 6.39. The first-order valence-corrected chi connectivity index (χ1v) is 8.09. The third-order valence-corrected chi connectivity index (χ3v) is 4.40. The Labute approximate surface area is 132 Å². The van der Waals surface area contributed by atoms with Crippen molar-refractivity contribution in [2.45, 2.75) is 51.9 Å². The first-order valence-electron chi connectivity index (χ1n) is 7.71. The van der Waals surface area contributed by atoms with Gasteiger partial charge >= 0.3 is 0 Å². The van der Waals surface area contributed by atoms with Gasteiger partial charge in [0.15, 0.2) is 0 Å². The molecule has 1 aliphatic heterocycles. The van der Waals surface area contributed by atoms with E-state index in [0.29, 0.717) is 11.1 Å². The SMILES string of the molecule is CNC(c1c(Cl)cnn1C(C)C)C1CN(C(C)C)CCO1. The highest BCUT2D eigenvalue weighted by Crippen LogP contribution is 2.30. The van der Waals surface area contributed by atoms with Crippen molar-refractivity contribution < 1.29 is 4.74 Å². The predicted molar refractivity (Wildman–Crippen MR) is 85.9 cm³/mol. The second-order valence-corrected chi connectivity index (χ2v) is 6.59. The van der Waals surface area contributed by atoms with Gasteiger partial charge in [0, 0.05) is 25.2 Å². The number of halogens is 1. The van der Waals surface area contributed by atoms with Gasteiger partial charge in [0.1, 0.15) is 0 Å². The summed E-state index contributed by atoms with van der Waals surface area (Å²) in [5.74, 6) is 0. The lowest BCUT2D eigenvalue weighted by Gasteiger charge is -2.39. The van der Waals surface area contributed by atoms with E-state index in [0.717, 1.165) is 25.4 Å². The van der Waals surface area contributed by atoms with E-state index in [4.69, 9.17) is 16.3 Å². The summed E-state index contributed by atoms with van der Waals surface area (Å²) < 4.78 is 8.01. The van der Waals surface area contributed by atoms with Gasteiger partial charge in [0.05, 0.1) is 35.7 Å². The quantitative estimate of drug-likeness (QED) is 0.906. The van der Waals surface area contributed by atoms with Crippen LogP contribution in [0.1, 0.15) is 45.5 Å². The third kappa shape index (κ3) is 3.59. The van der Waals surface area contributed by atoms with E-state index in [1.807, 2.05) is 11.7 Å². The molecule has 0 aliphatic carbocycles. The molecule has 1 N–H and O–H groups in total. The molecule has 2 unspecified atom stereocenters. The van der Waals surface area contributed by atoms with Crippen LogP contribution in [-0.4, -0.2) is 53.6 Å². The van der Waals surface area contributed by atoms with Crippen molar-refractivity contribution in [2.75, 3.05) is 26.7 Å². The first kappa shape index (κ1) is 16.7. The second kappa shape index (κ2) is 7.09. The lowest BCUT2D eigenvalue weighted by Crippen LogP contribution is -2.50. The summed E-state index contributed by atoms with van der Waals surface area (Å²) in [6.45, 7) is 11.3. The molecule has 0 aromatic carbocycles. The molecule has 2 heterocycles. The largest absolute Gasteiger partial charge is 0.374 e. The van der Waals surface area contributed by atoms with Crippen LogP contribution in [0.25, 0.3) is 0 Å². The van der Waals surface area contributed by atoms with Crippen molar-refractivity contribution in [1.29, 1.82) is 0 Å². The van der Waals surface area contributed by atoms with Crippen LogP contribution in [0, 0.1) is 0 Å². The number of nitrogens with zero attached hydrogens (tertiary/aromatic N) is 3. The molecular formula is C15H27ClN4O. The van der Waals surface area contributed by atoms with Crippen molar-refractivity contribution in [3.8, 4) is 0 Å². The molecule has 2 atom stereocenters. The zero-order valence-corrected chi connectivity index (χ0v) is 14.4. The van der Waals surface area contributed by atoms with Crippen LogP contribution in [0.4, 0.5) is 0 Å². The zero-order valence-electron chi connectivity index (χ0n) is 13.6. The first-order chi connectivity index (χ1) is 9.95. The lowest BCUT2D eigenvalue weighted by atomic mass is 10.0. The molecule has 1 fully saturated rings. The van der Waals surface area contributed by atoms with Gasteiger partial charge in [-0.2, -0.15) is 5.10 Å². The summed E-state index contributed by atoms with van der Waals surface area (Å²) in [7, 11) is 1.95. The zero-order chi connectivity index (χ0) is 15.6. The number of aromatic nitrogens is 2. The van der Waals surface area contributed by atoms with Gasteiger partial charge in [-0.15, -0.1) is 0 Å². The number of hydrogen-bond acceptors (Lipinski definition) is 4. The molecule has 0 amide bonds. The molecule has 120 valence electrons.